The van der Waals surface area contributed by atoms with Crippen LogP contribution in [0.15, 0.2) is 26.1 Å². The molecule has 0 aliphatic carbocycles. The Labute approximate surface area is 114 Å². The first-order valence-electron chi connectivity index (χ1n) is 5.66. The normalized spacial score (nSPS) is 20.8. The summed E-state index contributed by atoms with van der Waals surface area (Å²) in [5.41, 5.74) is -1.51. The fourth-order valence-corrected chi connectivity index (χ4v) is 3.00. The van der Waals surface area contributed by atoms with E-state index in [9.17, 15) is 23.1 Å². The molecule has 0 unspecified atom stereocenters. The smallest absolute Gasteiger partial charge is 0.333 e. The average molecular weight is 299 g/mol. The molecular weight excluding hydrogens is 286 g/mol. The van der Waals surface area contributed by atoms with E-state index in [4.69, 9.17) is 0 Å². The molecule has 0 saturated heterocycles. The second-order valence-corrected chi connectivity index (χ2v) is 6.38. The lowest BCUT2D eigenvalue weighted by Crippen LogP contribution is -2.38. The molecule has 0 aromatic carbocycles. The summed E-state index contributed by atoms with van der Waals surface area (Å²) in [7, 11) is -0.645. The lowest BCUT2D eigenvalue weighted by Gasteiger charge is -2.07. The number of hydrogen-bond acceptors (Lipinski definition) is 6. The van der Waals surface area contributed by atoms with E-state index in [2.05, 4.69) is 4.99 Å². The Morgan fingerprint density at radius 3 is 2.55 bits per heavy atom. The van der Waals surface area contributed by atoms with Gasteiger partial charge >= 0.3 is 5.69 Å². The van der Waals surface area contributed by atoms with Crippen LogP contribution in [0.1, 0.15) is 5.56 Å². The first kappa shape index (κ1) is 14.3. The third-order valence-corrected chi connectivity index (χ3v) is 4.35. The van der Waals surface area contributed by atoms with Crippen molar-refractivity contribution in [3.63, 3.8) is 0 Å². The molecule has 0 saturated carbocycles. The van der Waals surface area contributed by atoms with Crippen molar-refractivity contribution in [1.29, 1.82) is 0 Å². The van der Waals surface area contributed by atoms with Gasteiger partial charge in [-0.15, -0.1) is 0 Å². The molecule has 20 heavy (non-hydrogen) atoms. The first-order valence-corrected chi connectivity index (χ1v) is 7.37. The van der Waals surface area contributed by atoms with Gasteiger partial charge in [-0.25, -0.2) is 13.2 Å². The van der Waals surface area contributed by atoms with Crippen LogP contribution in [-0.2, 0) is 23.9 Å². The second kappa shape index (κ2) is 4.75. The van der Waals surface area contributed by atoms with E-state index in [0.29, 0.717) is 0 Å². The van der Waals surface area contributed by atoms with Gasteiger partial charge in [-0.1, -0.05) is 0 Å². The van der Waals surface area contributed by atoms with Crippen LogP contribution < -0.4 is 11.2 Å². The topological polar surface area (TPSA) is 111 Å². The SMILES string of the molecule is Cn1c(O)c(C=N[C@H]2C=CS(=O)(=O)C2)c(=O)n(C)c1=O. The molecule has 0 bridgehead atoms. The summed E-state index contributed by atoms with van der Waals surface area (Å²) in [6, 6.07) is -0.596. The van der Waals surface area contributed by atoms with Crippen LogP contribution >= 0.6 is 0 Å². The van der Waals surface area contributed by atoms with Gasteiger partial charge in [0.05, 0.1) is 11.8 Å². The van der Waals surface area contributed by atoms with Crippen molar-refractivity contribution in [2.45, 2.75) is 6.04 Å². The Kier molecular flexibility index (Phi) is 3.38. The van der Waals surface area contributed by atoms with Crippen LogP contribution in [0.5, 0.6) is 5.88 Å². The molecule has 2 rings (SSSR count). The Morgan fingerprint density at radius 1 is 1.35 bits per heavy atom. The first-order chi connectivity index (χ1) is 9.23. The van der Waals surface area contributed by atoms with E-state index in [0.717, 1.165) is 20.8 Å². The third kappa shape index (κ3) is 2.44. The number of rotatable bonds is 2. The molecule has 2 heterocycles. The summed E-state index contributed by atoms with van der Waals surface area (Å²) in [5, 5.41) is 10.8. The summed E-state index contributed by atoms with van der Waals surface area (Å²) in [5.74, 6) is -0.678. The zero-order valence-electron chi connectivity index (χ0n) is 10.8. The molecule has 1 aromatic rings. The lowest BCUT2D eigenvalue weighted by atomic mass is 10.3. The third-order valence-electron chi connectivity index (χ3n) is 2.97. The van der Waals surface area contributed by atoms with E-state index in [-0.39, 0.29) is 11.3 Å². The van der Waals surface area contributed by atoms with Gasteiger partial charge in [-0.3, -0.25) is 18.9 Å². The van der Waals surface area contributed by atoms with Gasteiger partial charge in [0, 0.05) is 25.7 Å². The highest BCUT2D eigenvalue weighted by atomic mass is 32.2. The Morgan fingerprint density at radius 2 is 2.00 bits per heavy atom. The quantitative estimate of drug-likeness (QED) is 0.669. The summed E-state index contributed by atoms with van der Waals surface area (Å²) < 4.78 is 24.2. The maximum absolute atomic E-state index is 11.9. The molecule has 9 heteroatoms. The average Bonchev–Trinajstić information content (AvgIpc) is 2.73. The molecule has 1 aliphatic rings. The van der Waals surface area contributed by atoms with Gasteiger partial charge in [0.2, 0.25) is 5.88 Å². The van der Waals surface area contributed by atoms with Crippen LogP contribution in [0, 0.1) is 0 Å². The van der Waals surface area contributed by atoms with Gasteiger partial charge in [-0.2, -0.15) is 0 Å². The maximum Gasteiger partial charge on any atom is 0.333 e. The molecule has 108 valence electrons. The number of aliphatic imine (C=N–C) groups is 1. The van der Waals surface area contributed by atoms with Crippen LogP contribution in [-0.4, -0.2) is 40.7 Å². The maximum atomic E-state index is 11.9. The number of hydrogen-bond donors (Lipinski definition) is 1. The van der Waals surface area contributed by atoms with Crippen molar-refractivity contribution in [2.24, 2.45) is 19.1 Å². The number of aromatic hydroxyl groups is 1. The monoisotopic (exact) mass is 299 g/mol. The Bertz CT molecular complexity index is 829. The fourth-order valence-electron chi connectivity index (χ4n) is 1.79. The summed E-state index contributed by atoms with van der Waals surface area (Å²) in [6.07, 6.45) is 2.49. The Hall–Kier alpha value is -2.16. The minimum absolute atomic E-state index is 0.160. The largest absolute Gasteiger partial charge is 0.494 e. The molecule has 0 fully saturated rings. The fraction of sp³-hybridized carbons (Fsp3) is 0.364. The second-order valence-electron chi connectivity index (χ2n) is 4.45. The highest BCUT2D eigenvalue weighted by Gasteiger charge is 2.21. The molecule has 1 aliphatic heterocycles. The van der Waals surface area contributed by atoms with Crippen molar-refractivity contribution >= 4 is 16.1 Å². The molecule has 1 aromatic heterocycles. The van der Waals surface area contributed by atoms with Crippen LogP contribution in [0.25, 0.3) is 0 Å². The summed E-state index contributed by atoms with van der Waals surface area (Å²) >= 11 is 0. The molecule has 1 N–H and O–H groups in total. The highest BCUT2D eigenvalue weighted by Crippen LogP contribution is 2.12. The van der Waals surface area contributed by atoms with Gasteiger partial charge in [0.1, 0.15) is 5.56 Å². The van der Waals surface area contributed by atoms with Gasteiger partial charge < -0.3 is 5.11 Å². The Balaban J connectivity index is 2.44. The zero-order valence-corrected chi connectivity index (χ0v) is 11.7. The van der Waals surface area contributed by atoms with Crippen molar-refractivity contribution < 1.29 is 13.5 Å². The predicted octanol–water partition coefficient (Wildman–Crippen LogP) is -1.48. The van der Waals surface area contributed by atoms with Crippen LogP contribution in [0.2, 0.25) is 0 Å². The summed E-state index contributed by atoms with van der Waals surface area (Å²) in [6.45, 7) is 0. The summed E-state index contributed by atoms with van der Waals surface area (Å²) in [4.78, 5) is 27.3. The standard InChI is InChI=1S/C11H13N3O5S/c1-13-9(15)8(10(16)14(2)11(13)17)5-12-7-3-4-20(18,19)6-7/h3-5,7,15H,6H2,1-2H3/t7-/m0/s1. The minimum atomic E-state index is -3.24. The van der Waals surface area contributed by atoms with E-state index < -0.39 is 33.0 Å². The van der Waals surface area contributed by atoms with Gasteiger partial charge in [-0.05, 0) is 6.08 Å². The highest BCUT2D eigenvalue weighted by molar-refractivity contribution is 7.94. The molecule has 1 atom stereocenters. The number of aromatic nitrogens is 2. The van der Waals surface area contributed by atoms with Crippen molar-refractivity contribution in [3.05, 3.63) is 37.9 Å². The van der Waals surface area contributed by atoms with Crippen molar-refractivity contribution in [3.8, 4) is 5.88 Å². The lowest BCUT2D eigenvalue weighted by molar-refractivity contribution is 0.410. The van der Waals surface area contributed by atoms with Crippen LogP contribution in [0.3, 0.4) is 0 Å². The van der Waals surface area contributed by atoms with E-state index in [1.54, 1.807) is 0 Å². The zero-order chi connectivity index (χ0) is 15.1. The molecule has 0 radical (unpaired) electrons. The van der Waals surface area contributed by atoms with E-state index >= 15 is 0 Å². The number of sulfone groups is 1. The van der Waals surface area contributed by atoms with Gasteiger partial charge in [0.25, 0.3) is 5.56 Å². The minimum Gasteiger partial charge on any atom is -0.494 e. The van der Waals surface area contributed by atoms with Crippen LogP contribution in [0.4, 0.5) is 0 Å². The number of nitrogens with zero attached hydrogens (tertiary/aromatic N) is 3. The molecule has 0 amide bonds. The molecule has 0 spiro atoms. The van der Waals surface area contributed by atoms with E-state index in [1.807, 2.05) is 0 Å². The van der Waals surface area contributed by atoms with Crippen molar-refractivity contribution in [1.82, 2.24) is 9.13 Å². The molecular formula is C11H13N3O5S. The predicted molar refractivity (Wildman–Crippen MR) is 72.9 cm³/mol. The van der Waals surface area contributed by atoms with Crippen molar-refractivity contribution in [2.75, 3.05) is 5.75 Å². The van der Waals surface area contributed by atoms with E-state index in [1.165, 1.54) is 20.2 Å². The molecule has 8 nitrogen and oxygen atoms in total. The van der Waals surface area contributed by atoms with Gasteiger partial charge in [0.15, 0.2) is 9.84 Å².